The first-order valence-electron chi connectivity index (χ1n) is 11.8. The van der Waals surface area contributed by atoms with Crippen LogP contribution in [0.25, 0.3) is 10.9 Å². The van der Waals surface area contributed by atoms with Gasteiger partial charge >= 0.3 is 0 Å². The Morgan fingerprint density at radius 2 is 1.88 bits per heavy atom. The third-order valence-electron chi connectivity index (χ3n) is 7.75. The van der Waals surface area contributed by atoms with Gasteiger partial charge in [-0.05, 0) is 56.2 Å². The summed E-state index contributed by atoms with van der Waals surface area (Å²) in [7, 11) is 0. The molecule has 2 amide bonds. The molecule has 1 aliphatic carbocycles. The van der Waals surface area contributed by atoms with E-state index in [1.807, 2.05) is 23.2 Å². The van der Waals surface area contributed by atoms with Crippen molar-refractivity contribution >= 4 is 22.7 Å². The van der Waals surface area contributed by atoms with Crippen LogP contribution in [0.4, 0.5) is 0 Å². The first-order valence-corrected chi connectivity index (χ1v) is 11.8. The van der Waals surface area contributed by atoms with E-state index in [9.17, 15) is 9.59 Å². The van der Waals surface area contributed by atoms with Crippen molar-refractivity contribution in [1.82, 2.24) is 14.8 Å². The van der Waals surface area contributed by atoms with Gasteiger partial charge in [-0.2, -0.15) is 0 Å². The van der Waals surface area contributed by atoms with Gasteiger partial charge in [0.2, 0.25) is 11.8 Å². The molecule has 2 fully saturated rings. The first-order chi connectivity index (χ1) is 15.6. The molecule has 1 aromatic heterocycles. The summed E-state index contributed by atoms with van der Waals surface area (Å²) < 4.78 is 0. The van der Waals surface area contributed by atoms with E-state index in [0.29, 0.717) is 44.7 Å². The van der Waals surface area contributed by atoms with Crippen molar-refractivity contribution in [3.05, 3.63) is 60.3 Å². The number of likely N-dealkylation sites (tertiary alicyclic amines) is 2. The van der Waals surface area contributed by atoms with Crippen molar-refractivity contribution in [2.24, 2.45) is 11.7 Å². The van der Waals surface area contributed by atoms with Gasteiger partial charge in [-0.15, -0.1) is 0 Å². The number of aromatic nitrogens is 1. The summed E-state index contributed by atoms with van der Waals surface area (Å²) in [6, 6.07) is 8.41. The minimum Gasteiger partial charge on any atom is -0.368 e. The summed E-state index contributed by atoms with van der Waals surface area (Å²) in [5, 5.41) is 1.18. The highest BCUT2D eigenvalue weighted by Crippen LogP contribution is 2.38. The van der Waals surface area contributed by atoms with Gasteiger partial charge < -0.3 is 15.6 Å². The van der Waals surface area contributed by atoms with Crippen LogP contribution in [-0.4, -0.2) is 57.8 Å². The Kier molecular flexibility index (Phi) is 5.64. The molecule has 1 aromatic carbocycles. The predicted octanol–water partition coefficient (Wildman–Crippen LogP) is 3.15. The molecule has 0 radical (unpaired) electrons. The minimum absolute atomic E-state index is 0.158. The van der Waals surface area contributed by atoms with Crippen molar-refractivity contribution in [3.63, 3.8) is 0 Å². The second kappa shape index (κ2) is 8.58. The summed E-state index contributed by atoms with van der Waals surface area (Å²) in [6.07, 6.45) is 15.3. The monoisotopic (exact) mass is 432 g/mol. The first kappa shape index (κ1) is 21.0. The van der Waals surface area contributed by atoms with Gasteiger partial charge in [-0.1, -0.05) is 42.5 Å². The van der Waals surface area contributed by atoms with E-state index in [4.69, 9.17) is 5.73 Å². The molecule has 0 spiro atoms. The van der Waals surface area contributed by atoms with Crippen LogP contribution in [0.5, 0.6) is 0 Å². The highest BCUT2D eigenvalue weighted by molar-refractivity contribution is 5.86. The Balaban J connectivity index is 1.24. The average molecular weight is 433 g/mol. The van der Waals surface area contributed by atoms with E-state index in [1.54, 1.807) is 0 Å². The number of benzene rings is 1. The maximum Gasteiger partial charge on any atom is 0.238 e. The summed E-state index contributed by atoms with van der Waals surface area (Å²) in [5.41, 5.74) is 7.64. The largest absolute Gasteiger partial charge is 0.368 e. The zero-order valence-electron chi connectivity index (χ0n) is 18.5. The lowest BCUT2D eigenvalue weighted by Gasteiger charge is -2.52. The van der Waals surface area contributed by atoms with Crippen LogP contribution in [0.3, 0.4) is 0 Å². The number of aromatic amines is 1. The van der Waals surface area contributed by atoms with Crippen LogP contribution in [0.15, 0.2) is 54.8 Å². The van der Waals surface area contributed by atoms with Crippen molar-refractivity contribution in [2.75, 3.05) is 19.6 Å². The molecule has 6 heteroatoms. The van der Waals surface area contributed by atoms with Gasteiger partial charge in [-0.3, -0.25) is 14.5 Å². The number of hydrogen-bond donors (Lipinski definition) is 2. The van der Waals surface area contributed by atoms with E-state index in [1.165, 1.54) is 10.9 Å². The van der Waals surface area contributed by atoms with Crippen LogP contribution >= 0.6 is 0 Å². The number of fused-ring (bicyclic) bond motifs is 2. The van der Waals surface area contributed by atoms with Crippen LogP contribution in [0.2, 0.25) is 0 Å². The molecular weight excluding hydrogens is 400 g/mol. The number of hydrogen-bond acceptors (Lipinski definition) is 3. The van der Waals surface area contributed by atoms with Gasteiger partial charge in [0.05, 0.1) is 0 Å². The second-order valence-electron chi connectivity index (χ2n) is 9.40. The minimum atomic E-state index is -0.660. The fourth-order valence-corrected chi connectivity index (χ4v) is 5.93. The summed E-state index contributed by atoms with van der Waals surface area (Å²) in [6.45, 7) is 2.06. The topological polar surface area (TPSA) is 82.4 Å². The fraction of sp³-hybridized carbons (Fsp3) is 0.462. The molecule has 2 saturated heterocycles. The van der Waals surface area contributed by atoms with E-state index < -0.39 is 5.54 Å². The van der Waals surface area contributed by atoms with Crippen molar-refractivity contribution < 1.29 is 9.59 Å². The summed E-state index contributed by atoms with van der Waals surface area (Å²) in [5.74, 6) is 0.359. The molecule has 0 saturated carbocycles. The third-order valence-corrected chi connectivity index (χ3v) is 7.75. The third kappa shape index (κ3) is 3.66. The zero-order valence-corrected chi connectivity index (χ0v) is 18.5. The van der Waals surface area contributed by atoms with Gasteiger partial charge in [0.1, 0.15) is 5.54 Å². The molecule has 168 valence electrons. The number of nitrogens with one attached hydrogen (secondary N) is 1. The molecule has 2 aromatic rings. The van der Waals surface area contributed by atoms with Crippen LogP contribution < -0.4 is 5.73 Å². The zero-order chi connectivity index (χ0) is 22.1. The van der Waals surface area contributed by atoms with Gasteiger partial charge in [0, 0.05) is 42.7 Å². The maximum atomic E-state index is 13.0. The van der Waals surface area contributed by atoms with Crippen molar-refractivity contribution in [3.8, 4) is 0 Å². The molecule has 3 aliphatic rings. The van der Waals surface area contributed by atoms with Gasteiger partial charge in [0.15, 0.2) is 0 Å². The number of para-hydroxylation sites is 1. The second-order valence-corrected chi connectivity index (χ2v) is 9.40. The fourth-order valence-electron chi connectivity index (χ4n) is 5.93. The number of allylic oxidation sites excluding steroid dienone is 2. The smallest absolute Gasteiger partial charge is 0.238 e. The Hall–Kier alpha value is -2.86. The lowest BCUT2D eigenvalue weighted by molar-refractivity contribution is -0.144. The SMILES string of the molecule is NC(=O)C1(N2CCCC3C=CC=CC32)CCN(C(=O)CCc2c[nH]c3ccccc23)CC1. The molecule has 32 heavy (non-hydrogen) atoms. The quantitative estimate of drug-likeness (QED) is 0.761. The predicted molar refractivity (Wildman–Crippen MR) is 126 cm³/mol. The normalized spacial score (nSPS) is 25.1. The number of carbonyl (C=O) groups is 2. The van der Waals surface area contributed by atoms with Crippen LogP contribution in [-0.2, 0) is 16.0 Å². The molecule has 5 rings (SSSR count). The maximum absolute atomic E-state index is 13.0. The number of H-pyrrole nitrogens is 1. The highest BCUT2D eigenvalue weighted by atomic mass is 16.2. The van der Waals surface area contributed by atoms with Crippen LogP contribution in [0.1, 0.15) is 37.7 Å². The molecule has 2 unspecified atom stereocenters. The number of amides is 2. The number of primary amides is 1. The molecule has 3 N–H and O–H groups in total. The Morgan fingerprint density at radius 1 is 1.09 bits per heavy atom. The number of piperidine rings is 2. The summed E-state index contributed by atoms with van der Waals surface area (Å²) >= 11 is 0. The van der Waals surface area contributed by atoms with Crippen molar-refractivity contribution in [1.29, 1.82) is 0 Å². The Morgan fingerprint density at radius 3 is 2.69 bits per heavy atom. The van der Waals surface area contributed by atoms with Gasteiger partial charge in [0.25, 0.3) is 0 Å². The molecule has 6 nitrogen and oxygen atoms in total. The van der Waals surface area contributed by atoms with Crippen molar-refractivity contribution in [2.45, 2.75) is 50.1 Å². The molecule has 2 aliphatic heterocycles. The van der Waals surface area contributed by atoms with E-state index in [0.717, 1.165) is 24.9 Å². The number of nitrogens with two attached hydrogens (primary N) is 1. The lowest BCUT2D eigenvalue weighted by atomic mass is 9.77. The number of rotatable bonds is 5. The number of aryl methyl sites for hydroxylation is 1. The van der Waals surface area contributed by atoms with E-state index in [2.05, 4.69) is 46.3 Å². The molecule has 2 atom stereocenters. The lowest BCUT2D eigenvalue weighted by Crippen LogP contribution is -2.67. The molecule has 3 heterocycles. The van der Waals surface area contributed by atoms with Gasteiger partial charge in [-0.25, -0.2) is 0 Å². The van der Waals surface area contributed by atoms with Crippen LogP contribution in [0, 0.1) is 5.92 Å². The standard InChI is InChI=1S/C26H32N4O2/c27-25(32)26(30-15-5-7-19-6-1-4-10-23(19)30)13-16-29(17-14-26)24(31)12-11-20-18-28-22-9-3-2-8-21(20)22/h1-4,6,8-10,18-19,23,28H,5,7,11-17H2,(H2,27,32). The van der Waals surface area contributed by atoms with E-state index in [-0.39, 0.29) is 17.9 Å². The average Bonchev–Trinajstić information content (AvgIpc) is 3.25. The highest BCUT2D eigenvalue weighted by Gasteiger charge is 2.49. The number of carbonyl (C=O) groups excluding carboxylic acids is 2. The van der Waals surface area contributed by atoms with E-state index >= 15 is 0 Å². The number of nitrogens with zero attached hydrogens (tertiary/aromatic N) is 2. The molecular formula is C26H32N4O2. The Labute approximate surface area is 189 Å². The Bertz CT molecular complexity index is 1060. The summed E-state index contributed by atoms with van der Waals surface area (Å²) in [4.78, 5) is 33.3. The molecule has 0 bridgehead atoms.